The van der Waals surface area contributed by atoms with E-state index in [2.05, 4.69) is 38.4 Å². The standard InChI is InChI=1S/C16H33NOS/c1-4-10-16(13-19,11-5-2)12-17(3)14-8-6-7-9-15(14)18/h14-15,18-19H,4-13H2,1-3H3. The first-order valence-corrected chi connectivity index (χ1v) is 8.71. The van der Waals surface area contributed by atoms with Gasteiger partial charge in [-0.25, -0.2) is 0 Å². The van der Waals surface area contributed by atoms with E-state index >= 15 is 0 Å². The molecule has 0 spiro atoms. The average molecular weight is 288 g/mol. The van der Waals surface area contributed by atoms with Crippen molar-refractivity contribution in [2.45, 2.75) is 77.4 Å². The van der Waals surface area contributed by atoms with Gasteiger partial charge in [0, 0.05) is 12.6 Å². The third kappa shape index (κ3) is 4.95. The number of hydrogen-bond donors (Lipinski definition) is 2. The third-order valence-electron chi connectivity index (χ3n) is 4.74. The highest BCUT2D eigenvalue weighted by Crippen LogP contribution is 2.34. The van der Waals surface area contributed by atoms with Gasteiger partial charge in [-0.2, -0.15) is 12.6 Å². The van der Waals surface area contributed by atoms with Crippen molar-refractivity contribution >= 4 is 12.6 Å². The molecule has 1 fully saturated rings. The lowest BCUT2D eigenvalue weighted by atomic mass is 9.79. The van der Waals surface area contributed by atoms with E-state index < -0.39 is 0 Å². The van der Waals surface area contributed by atoms with Crippen LogP contribution in [0.4, 0.5) is 0 Å². The minimum Gasteiger partial charge on any atom is -0.391 e. The first-order chi connectivity index (χ1) is 9.08. The lowest BCUT2D eigenvalue weighted by Gasteiger charge is -2.42. The second kappa shape index (κ2) is 8.53. The van der Waals surface area contributed by atoms with Crippen LogP contribution in [0.5, 0.6) is 0 Å². The van der Waals surface area contributed by atoms with E-state index in [9.17, 15) is 5.11 Å². The Bertz CT molecular complexity index is 241. The molecule has 0 amide bonds. The van der Waals surface area contributed by atoms with E-state index in [4.69, 9.17) is 0 Å². The van der Waals surface area contributed by atoms with Gasteiger partial charge in [0.2, 0.25) is 0 Å². The Balaban J connectivity index is 2.65. The molecule has 1 saturated carbocycles. The fraction of sp³-hybridized carbons (Fsp3) is 1.00. The molecule has 0 radical (unpaired) electrons. The summed E-state index contributed by atoms with van der Waals surface area (Å²) in [6, 6.07) is 0.363. The van der Waals surface area contributed by atoms with Crippen LogP contribution in [0.25, 0.3) is 0 Å². The summed E-state index contributed by atoms with van der Waals surface area (Å²) < 4.78 is 0. The zero-order valence-electron chi connectivity index (χ0n) is 13.1. The number of nitrogens with zero attached hydrogens (tertiary/aromatic N) is 1. The van der Waals surface area contributed by atoms with Gasteiger partial charge in [0.1, 0.15) is 0 Å². The van der Waals surface area contributed by atoms with Crippen molar-refractivity contribution in [3.8, 4) is 0 Å². The van der Waals surface area contributed by atoms with Crippen LogP contribution in [-0.4, -0.2) is 41.5 Å². The van der Waals surface area contributed by atoms with Crippen LogP contribution in [-0.2, 0) is 0 Å². The molecule has 114 valence electrons. The largest absolute Gasteiger partial charge is 0.391 e. The van der Waals surface area contributed by atoms with Crippen LogP contribution in [0.2, 0.25) is 0 Å². The van der Waals surface area contributed by atoms with Gasteiger partial charge in [0.05, 0.1) is 6.10 Å². The Morgan fingerprint density at radius 2 is 1.74 bits per heavy atom. The summed E-state index contributed by atoms with van der Waals surface area (Å²) in [7, 11) is 2.20. The molecule has 2 unspecified atom stereocenters. The third-order valence-corrected chi connectivity index (χ3v) is 5.41. The highest BCUT2D eigenvalue weighted by Gasteiger charge is 2.33. The quantitative estimate of drug-likeness (QED) is 0.664. The van der Waals surface area contributed by atoms with E-state index in [1.807, 2.05) is 0 Å². The molecule has 2 atom stereocenters. The predicted octanol–water partition coefficient (Wildman–Crippen LogP) is 3.74. The van der Waals surface area contributed by atoms with Crippen molar-refractivity contribution in [2.24, 2.45) is 5.41 Å². The smallest absolute Gasteiger partial charge is 0.0695 e. The molecule has 2 nitrogen and oxygen atoms in total. The molecule has 1 aliphatic rings. The molecule has 0 aliphatic heterocycles. The zero-order chi connectivity index (χ0) is 14.3. The van der Waals surface area contributed by atoms with E-state index in [0.717, 1.165) is 25.1 Å². The van der Waals surface area contributed by atoms with Crippen molar-refractivity contribution in [2.75, 3.05) is 19.3 Å². The summed E-state index contributed by atoms with van der Waals surface area (Å²) >= 11 is 4.64. The number of hydrogen-bond acceptors (Lipinski definition) is 3. The van der Waals surface area contributed by atoms with Crippen molar-refractivity contribution < 1.29 is 5.11 Å². The Hall–Kier alpha value is 0.270. The van der Waals surface area contributed by atoms with Gasteiger partial charge in [0.25, 0.3) is 0 Å². The van der Waals surface area contributed by atoms with Gasteiger partial charge in [-0.3, -0.25) is 0 Å². The Kier molecular flexibility index (Phi) is 7.78. The number of aliphatic hydroxyl groups is 1. The van der Waals surface area contributed by atoms with Gasteiger partial charge in [0.15, 0.2) is 0 Å². The molecule has 0 heterocycles. The van der Waals surface area contributed by atoms with Gasteiger partial charge >= 0.3 is 0 Å². The molecular weight excluding hydrogens is 254 g/mol. The predicted molar refractivity (Wildman–Crippen MR) is 87.0 cm³/mol. The van der Waals surface area contributed by atoms with Crippen LogP contribution < -0.4 is 0 Å². The molecular formula is C16H33NOS. The highest BCUT2D eigenvalue weighted by atomic mass is 32.1. The molecule has 0 saturated heterocycles. The SMILES string of the molecule is CCCC(CS)(CCC)CN(C)C1CCCCC1O. The average Bonchev–Trinajstić information content (AvgIpc) is 2.39. The van der Waals surface area contributed by atoms with Crippen LogP contribution in [0, 0.1) is 5.41 Å². The molecule has 19 heavy (non-hydrogen) atoms. The van der Waals surface area contributed by atoms with Gasteiger partial charge < -0.3 is 10.0 Å². The topological polar surface area (TPSA) is 23.5 Å². The summed E-state index contributed by atoms with van der Waals surface area (Å²) in [6.07, 6.45) is 9.40. The molecule has 1 aliphatic carbocycles. The summed E-state index contributed by atoms with van der Waals surface area (Å²) in [6.45, 7) is 5.62. The van der Waals surface area contributed by atoms with Crippen LogP contribution in [0.3, 0.4) is 0 Å². The molecule has 3 heteroatoms. The number of rotatable bonds is 8. The Labute approximate surface area is 125 Å². The molecule has 1 rings (SSSR count). The number of thiol groups is 1. The summed E-state index contributed by atoms with van der Waals surface area (Å²) in [5.74, 6) is 0.960. The minimum absolute atomic E-state index is 0.125. The highest BCUT2D eigenvalue weighted by molar-refractivity contribution is 7.80. The van der Waals surface area contributed by atoms with E-state index in [1.165, 1.54) is 38.5 Å². The zero-order valence-corrected chi connectivity index (χ0v) is 14.0. The van der Waals surface area contributed by atoms with Crippen molar-refractivity contribution in [1.29, 1.82) is 0 Å². The second-order valence-corrected chi connectivity index (χ2v) is 6.81. The van der Waals surface area contributed by atoms with Crippen LogP contribution in [0.15, 0.2) is 0 Å². The fourth-order valence-electron chi connectivity index (χ4n) is 3.80. The van der Waals surface area contributed by atoms with Crippen LogP contribution in [0.1, 0.15) is 65.2 Å². The van der Waals surface area contributed by atoms with E-state index in [-0.39, 0.29) is 6.10 Å². The molecule has 0 aromatic heterocycles. The molecule has 0 bridgehead atoms. The van der Waals surface area contributed by atoms with Crippen molar-refractivity contribution in [1.82, 2.24) is 4.90 Å². The first kappa shape index (κ1) is 17.3. The van der Waals surface area contributed by atoms with E-state index in [1.54, 1.807) is 0 Å². The summed E-state index contributed by atoms with van der Waals surface area (Å²) in [5.41, 5.74) is 0.332. The van der Waals surface area contributed by atoms with Gasteiger partial charge in [-0.05, 0) is 43.9 Å². The normalized spacial score (nSPS) is 24.9. The van der Waals surface area contributed by atoms with Crippen molar-refractivity contribution in [3.63, 3.8) is 0 Å². The summed E-state index contributed by atoms with van der Waals surface area (Å²) in [5, 5.41) is 10.2. The molecule has 1 N–H and O–H groups in total. The first-order valence-electron chi connectivity index (χ1n) is 8.07. The maximum atomic E-state index is 10.2. The maximum absolute atomic E-state index is 10.2. The summed E-state index contributed by atoms with van der Waals surface area (Å²) in [4.78, 5) is 2.42. The monoisotopic (exact) mass is 287 g/mol. The number of likely N-dealkylation sites (N-methyl/N-ethyl adjacent to an activating group) is 1. The Morgan fingerprint density at radius 3 is 2.21 bits per heavy atom. The van der Waals surface area contributed by atoms with Crippen LogP contribution >= 0.6 is 12.6 Å². The van der Waals surface area contributed by atoms with Gasteiger partial charge in [-0.15, -0.1) is 0 Å². The van der Waals surface area contributed by atoms with Crippen molar-refractivity contribution in [3.05, 3.63) is 0 Å². The number of aliphatic hydroxyl groups excluding tert-OH is 1. The molecule has 0 aromatic rings. The maximum Gasteiger partial charge on any atom is 0.0695 e. The Morgan fingerprint density at radius 1 is 1.16 bits per heavy atom. The van der Waals surface area contributed by atoms with Gasteiger partial charge in [-0.1, -0.05) is 39.5 Å². The lowest BCUT2D eigenvalue weighted by molar-refractivity contribution is 0.0124. The minimum atomic E-state index is -0.125. The fourth-order valence-corrected chi connectivity index (χ4v) is 4.22. The second-order valence-electron chi connectivity index (χ2n) is 6.49. The van der Waals surface area contributed by atoms with E-state index in [0.29, 0.717) is 11.5 Å². The molecule has 0 aromatic carbocycles. The lowest BCUT2D eigenvalue weighted by Crippen LogP contribution is -2.48.